The highest BCUT2D eigenvalue weighted by Crippen LogP contribution is 2.17. The van der Waals surface area contributed by atoms with Crippen molar-refractivity contribution in [3.63, 3.8) is 0 Å². The number of amides is 1. The second-order valence-corrected chi connectivity index (χ2v) is 2.73. The normalized spacial score (nSPS) is 16.5. The molecule has 0 heterocycles. The largest absolute Gasteiger partial charge is 0.306 e. The van der Waals surface area contributed by atoms with Gasteiger partial charge in [0.05, 0.1) is 13.7 Å². The van der Waals surface area contributed by atoms with E-state index in [1.807, 2.05) is 0 Å². The maximum atomic E-state index is 11.0. The van der Waals surface area contributed by atoms with Crippen LogP contribution in [0.5, 0.6) is 0 Å². The molecule has 1 aliphatic carbocycles. The molecule has 0 atom stereocenters. The lowest BCUT2D eigenvalue weighted by Crippen LogP contribution is -2.35. The summed E-state index contributed by atoms with van der Waals surface area (Å²) in [5.74, 6) is -0.0283. The van der Waals surface area contributed by atoms with E-state index in [-0.39, 0.29) is 5.91 Å². The number of hydrogen-bond acceptors (Lipinski definition) is 3. The molecule has 0 spiro atoms. The summed E-state index contributed by atoms with van der Waals surface area (Å²) in [5, 5.41) is 4.33. The average Bonchev–Trinajstić information content (AvgIpc) is 2.81. The Kier molecular flexibility index (Phi) is 2.84. The quantitative estimate of drug-likeness (QED) is 0.574. The van der Waals surface area contributed by atoms with Crippen LogP contribution in [0.25, 0.3) is 0 Å². The van der Waals surface area contributed by atoms with Crippen molar-refractivity contribution in [3.05, 3.63) is 0 Å². The van der Waals surface area contributed by atoms with Crippen LogP contribution in [0.2, 0.25) is 0 Å². The molecular weight excluding hydrogens is 144 g/mol. The molecule has 4 nitrogen and oxygen atoms in total. The van der Waals surface area contributed by atoms with Crippen molar-refractivity contribution in [2.24, 2.45) is 0 Å². The summed E-state index contributed by atoms with van der Waals surface area (Å²) in [6, 6.07) is 0.573. The van der Waals surface area contributed by atoms with Crippen LogP contribution in [0, 0.1) is 0 Å². The molecule has 64 valence electrons. The lowest BCUT2D eigenvalue weighted by Gasteiger charge is -2.13. The monoisotopic (exact) mass is 158 g/mol. The van der Waals surface area contributed by atoms with Crippen molar-refractivity contribution >= 4 is 5.91 Å². The first-order valence-electron chi connectivity index (χ1n) is 3.78. The zero-order valence-electron chi connectivity index (χ0n) is 6.96. The molecule has 1 aliphatic rings. The van der Waals surface area contributed by atoms with Gasteiger partial charge in [-0.2, -0.15) is 0 Å². The van der Waals surface area contributed by atoms with E-state index in [9.17, 15) is 4.79 Å². The Morgan fingerprint density at radius 3 is 2.82 bits per heavy atom. The number of rotatable bonds is 4. The van der Waals surface area contributed by atoms with Crippen molar-refractivity contribution < 1.29 is 9.63 Å². The third kappa shape index (κ3) is 2.86. The van der Waals surface area contributed by atoms with E-state index in [0.717, 1.165) is 0 Å². The highest BCUT2D eigenvalue weighted by molar-refractivity contribution is 5.76. The second kappa shape index (κ2) is 3.69. The molecular formula is C7H14N2O2. The smallest absolute Gasteiger partial charge is 0.259 e. The zero-order valence-corrected chi connectivity index (χ0v) is 6.96. The van der Waals surface area contributed by atoms with Gasteiger partial charge in [0.15, 0.2) is 0 Å². The van der Waals surface area contributed by atoms with E-state index in [4.69, 9.17) is 4.84 Å². The summed E-state index contributed by atoms with van der Waals surface area (Å²) in [5.41, 5.74) is 0. The van der Waals surface area contributed by atoms with Gasteiger partial charge in [-0.15, -0.1) is 0 Å². The van der Waals surface area contributed by atoms with Crippen molar-refractivity contribution in [1.29, 1.82) is 0 Å². The fourth-order valence-electron chi connectivity index (χ4n) is 0.732. The molecule has 0 aromatic carbocycles. The van der Waals surface area contributed by atoms with Gasteiger partial charge in [0, 0.05) is 13.1 Å². The van der Waals surface area contributed by atoms with Gasteiger partial charge in [0.25, 0.3) is 5.91 Å². The van der Waals surface area contributed by atoms with E-state index in [1.165, 1.54) is 25.0 Å². The maximum absolute atomic E-state index is 11.0. The average molecular weight is 158 g/mol. The number of nitrogens with zero attached hydrogens (tertiary/aromatic N) is 1. The highest BCUT2D eigenvalue weighted by atomic mass is 16.7. The fraction of sp³-hybridized carbons (Fsp3) is 0.857. The van der Waals surface area contributed by atoms with Gasteiger partial charge in [-0.25, -0.2) is 5.06 Å². The minimum Gasteiger partial charge on any atom is -0.306 e. The number of likely N-dealkylation sites (N-methyl/N-ethyl adjacent to an activating group) is 1. The van der Waals surface area contributed by atoms with Gasteiger partial charge < -0.3 is 5.32 Å². The second-order valence-electron chi connectivity index (χ2n) is 2.73. The van der Waals surface area contributed by atoms with Gasteiger partial charge in [-0.05, 0) is 12.8 Å². The number of carbonyl (C=O) groups is 1. The van der Waals surface area contributed by atoms with Gasteiger partial charge in [-0.3, -0.25) is 9.63 Å². The first-order valence-corrected chi connectivity index (χ1v) is 3.78. The summed E-state index contributed by atoms with van der Waals surface area (Å²) in [6.45, 7) is 0.384. The number of hydroxylamine groups is 2. The molecule has 4 heteroatoms. The minimum atomic E-state index is -0.0283. The van der Waals surface area contributed by atoms with Crippen LogP contribution in [-0.4, -0.2) is 37.7 Å². The molecule has 1 saturated carbocycles. The molecule has 0 aromatic heterocycles. The Balaban J connectivity index is 2.08. The molecule has 0 aliphatic heterocycles. The Morgan fingerprint density at radius 2 is 2.36 bits per heavy atom. The summed E-state index contributed by atoms with van der Waals surface area (Å²) in [7, 11) is 3.09. The van der Waals surface area contributed by atoms with E-state index < -0.39 is 0 Å². The van der Waals surface area contributed by atoms with Crippen LogP contribution < -0.4 is 5.32 Å². The van der Waals surface area contributed by atoms with E-state index in [0.29, 0.717) is 12.6 Å². The molecule has 1 amide bonds. The first-order chi connectivity index (χ1) is 5.24. The van der Waals surface area contributed by atoms with Crippen LogP contribution in [-0.2, 0) is 9.63 Å². The Morgan fingerprint density at radius 1 is 1.73 bits per heavy atom. The number of hydrogen-bond donors (Lipinski definition) is 1. The summed E-state index contributed by atoms with van der Waals surface area (Å²) in [4.78, 5) is 15.8. The molecule has 1 rings (SSSR count). The standard InChI is InChI=1S/C7H14N2O2/c1-9(11-2)7(10)5-8-6-3-4-6/h6,8H,3-5H2,1-2H3. The lowest BCUT2D eigenvalue weighted by atomic mass is 10.5. The van der Waals surface area contributed by atoms with Crippen molar-refractivity contribution in [3.8, 4) is 0 Å². The third-order valence-electron chi connectivity index (χ3n) is 1.74. The molecule has 1 fully saturated rings. The molecule has 0 bridgehead atoms. The molecule has 1 N–H and O–H groups in total. The fourth-order valence-corrected chi connectivity index (χ4v) is 0.732. The van der Waals surface area contributed by atoms with Gasteiger partial charge in [0.2, 0.25) is 0 Å². The first kappa shape index (κ1) is 8.49. The molecule has 11 heavy (non-hydrogen) atoms. The lowest BCUT2D eigenvalue weighted by molar-refractivity contribution is -0.167. The Bertz CT molecular complexity index is 145. The predicted molar refractivity (Wildman–Crippen MR) is 40.8 cm³/mol. The van der Waals surface area contributed by atoms with Crippen LogP contribution in [0.1, 0.15) is 12.8 Å². The maximum Gasteiger partial charge on any atom is 0.259 e. The molecule has 0 unspecified atom stereocenters. The van der Waals surface area contributed by atoms with Crippen molar-refractivity contribution in [2.75, 3.05) is 20.7 Å². The topological polar surface area (TPSA) is 41.6 Å². The third-order valence-corrected chi connectivity index (χ3v) is 1.74. The van der Waals surface area contributed by atoms with Crippen LogP contribution in [0.4, 0.5) is 0 Å². The van der Waals surface area contributed by atoms with Crippen LogP contribution >= 0.6 is 0 Å². The number of carbonyl (C=O) groups excluding carboxylic acids is 1. The predicted octanol–water partition coefficient (Wildman–Crippen LogP) is -0.242. The molecule has 0 aromatic rings. The number of nitrogens with one attached hydrogen (secondary N) is 1. The minimum absolute atomic E-state index is 0.0283. The van der Waals surface area contributed by atoms with E-state index in [2.05, 4.69) is 5.32 Å². The van der Waals surface area contributed by atoms with Crippen LogP contribution in [0.3, 0.4) is 0 Å². The Hall–Kier alpha value is -0.610. The van der Waals surface area contributed by atoms with Gasteiger partial charge in [0.1, 0.15) is 0 Å². The molecule has 0 radical (unpaired) electrons. The van der Waals surface area contributed by atoms with E-state index >= 15 is 0 Å². The van der Waals surface area contributed by atoms with Crippen molar-refractivity contribution in [1.82, 2.24) is 10.4 Å². The SMILES string of the molecule is CON(C)C(=O)CNC1CC1. The van der Waals surface area contributed by atoms with Crippen molar-refractivity contribution in [2.45, 2.75) is 18.9 Å². The van der Waals surface area contributed by atoms with Gasteiger partial charge in [-0.1, -0.05) is 0 Å². The highest BCUT2D eigenvalue weighted by Gasteiger charge is 2.21. The van der Waals surface area contributed by atoms with E-state index in [1.54, 1.807) is 7.05 Å². The summed E-state index contributed by atoms with van der Waals surface area (Å²) < 4.78 is 0. The summed E-state index contributed by atoms with van der Waals surface area (Å²) in [6.07, 6.45) is 2.40. The Labute approximate surface area is 66.5 Å². The van der Waals surface area contributed by atoms with Gasteiger partial charge >= 0.3 is 0 Å². The zero-order chi connectivity index (χ0) is 8.27. The summed E-state index contributed by atoms with van der Waals surface area (Å²) >= 11 is 0. The molecule has 0 saturated heterocycles. The van der Waals surface area contributed by atoms with Crippen LogP contribution in [0.15, 0.2) is 0 Å².